The fourth-order valence-electron chi connectivity index (χ4n) is 1.00. The second kappa shape index (κ2) is 6.85. The molecule has 5 nitrogen and oxygen atoms in total. The van der Waals surface area contributed by atoms with Crippen molar-refractivity contribution in [2.45, 2.75) is 31.6 Å². The van der Waals surface area contributed by atoms with Crippen molar-refractivity contribution in [3.8, 4) is 0 Å². The second-order valence-electron chi connectivity index (χ2n) is 3.63. The van der Waals surface area contributed by atoms with Gasteiger partial charge in [-0.3, -0.25) is 0 Å². The van der Waals surface area contributed by atoms with Gasteiger partial charge in [0.15, 0.2) is 10.1 Å². The molecule has 0 unspecified atom stereocenters. The van der Waals surface area contributed by atoms with Crippen molar-refractivity contribution in [3.63, 3.8) is 0 Å². The predicted molar refractivity (Wildman–Crippen MR) is 56.5 cm³/mol. The van der Waals surface area contributed by atoms with Gasteiger partial charge in [0.1, 0.15) is 12.4 Å². The summed E-state index contributed by atoms with van der Waals surface area (Å²) < 4.78 is 76.9. The Morgan fingerprint density at radius 3 is 2.16 bits per heavy atom. The number of aromatic nitrogens is 2. The Kier molecular flexibility index (Phi) is 6.43. The quantitative estimate of drug-likeness (QED) is 0.475. The highest BCUT2D eigenvalue weighted by atomic mass is 32.2. The molecular weight excluding hydrogens is 292 g/mol. The van der Waals surface area contributed by atoms with Crippen LogP contribution < -0.4 is 4.57 Å². The summed E-state index contributed by atoms with van der Waals surface area (Å²) in [6, 6.07) is 0. The normalized spacial score (nSPS) is 12.2. The molecule has 0 N–H and O–H groups in total. The molecule has 19 heavy (non-hydrogen) atoms. The molecule has 10 heteroatoms. The first kappa shape index (κ1) is 17.8. The van der Waals surface area contributed by atoms with E-state index in [4.69, 9.17) is 0 Å². The number of halogens is 4. The molecule has 0 atom stereocenters. The molecule has 1 rings (SSSR count). The van der Waals surface area contributed by atoms with Crippen molar-refractivity contribution in [2.24, 2.45) is 7.05 Å². The van der Waals surface area contributed by atoms with E-state index in [0.717, 1.165) is 6.54 Å². The van der Waals surface area contributed by atoms with Gasteiger partial charge in [0, 0.05) is 0 Å². The average molecular weight is 306 g/mol. The zero-order chi connectivity index (χ0) is 15.3. The minimum Gasteiger partial charge on any atom is -0.743 e. The van der Waals surface area contributed by atoms with Crippen molar-refractivity contribution >= 4 is 10.1 Å². The molecule has 112 valence electrons. The first-order valence-corrected chi connectivity index (χ1v) is 6.55. The Hall–Kier alpha value is -1.16. The lowest BCUT2D eigenvalue weighted by molar-refractivity contribution is -0.671. The molecule has 0 fully saturated rings. The highest BCUT2D eigenvalue weighted by Gasteiger charge is 2.48. The smallest absolute Gasteiger partial charge is 0.393 e. The summed E-state index contributed by atoms with van der Waals surface area (Å²) in [6.07, 6.45) is 2.95. The van der Waals surface area contributed by atoms with Gasteiger partial charge in [0.2, 0.25) is 6.33 Å². The van der Waals surface area contributed by atoms with Gasteiger partial charge >= 0.3 is 11.7 Å². The topological polar surface area (TPSA) is 66.0 Å². The molecule has 1 aromatic rings. The van der Waals surface area contributed by atoms with Gasteiger partial charge in [0.05, 0.1) is 13.6 Å². The van der Waals surface area contributed by atoms with E-state index in [1.165, 1.54) is 6.42 Å². The van der Waals surface area contributed by atoms with Gasteiger partial charge in [0.25, 0.3) is 0 Å². The average Bonchev–Trinajstić information content (AvgIpc) is 2.63. The molecule has 0 aromatic carbocycles. The first-order chi connectivity index (χ1) is 8.52. The lowest BCUT2D eigenvalue weighted by Crippen LogP contribution is -2.36. The van der Waals surface area contributed by atoms with Crippen molar-refractivity contribution < 1.29 is 35.1 Å². The molecule has 0 aliphatic rings. The minimum absolute atomic E-state index is 1.13. The lowest BCUT2D eigenvalue weighted by atomic mass is 10.5. The zero-order valence-electron chi connectivity index (χ0n) is 10.3. The Bertz CT molecular complexity index is 487. The van der Waals surface area contributed by atoms with Crippen molar-refractivity contribution in [3.05, 3.63) is 18.7 Å². The van der Waals surface area contributed by atoms with Crippen LogP contribution in [0, 0.1) is 0 Å². The molecule has 1 heterocycles. The third kappa shape index (κ3) is 5.55. The van der Waals surface area contributed by atoms with Gasteiger partial charge in [-0.15, -0.1) is 0 Å². The fraction of sp³-hybridized carbons (Fsp3) is 0.667. The second-order valence-corrected chi connectivity index (χ2v) is 5.09. The van der Waals surface area contributed by atoms with Crippen LogP contribution in [0.15, 0.2) is 18.7 Å². The lowest BCUT2D eigenvalue weighted by Gasteiger charge is -2.17. The van der Waals surface area contributed by atoms with E-state index in [-0.39, 0.29) is 0 Å². The van der Waals surface area contributed by atoms with Crippen LogP contribution in [0.3, 0.4) is 0 Å². The van der Waals surface area contributed by atoms with Gasteiger partial charge in [-0.25, -0.2) is 26.3 Å². The standard InChI is InChI=1S/C7H13N2.C2H2F4O3S/c1-3-4-9-6-5-8(2)7-9;3-1(4)2(5,6)10(7,8)9/h5-7H,3-4H2,1-2H3;1H,(H,7,8,9)/q+1;/p-1. The summed E-state index contributed by atoms with van der Waals surface area (Å²) in [7, 11) is -4.20. The van der Waals surface area contributed by atoms with Crippen LogP contribution >= 0.6 is 0 Å². The van der Waals surface area contributed by atoms with Crippen LogP contribution in [0.4, 0.5) is 17.6 Å². The molecule has 0 aliphatic carbocycles. The molecule has 0 saturated carbocycles. The van der Waals surface area contributed by atoms with Gasteiger partial charge in [-0.1, -0.05) is 6.92 Å². The maximum absolute atomic E-state index is 11.4. The van der Waals surface area contributed by atoms with E-state index in [1.807, 2.05) is 7.05 Å². The largest absolute Gasteiger partial charge is 0.743 e. The SMILES string of the molecule is CCCn1cc[n+](C)c1.O=S(=O)([O-])C(F)(F)C(F)F. The van der Waals surface area contributed by atoms with E-state index in [2.05, 4.69) is 34.8 Å². The number of imidazole rings is 1. The van der Waals surface area contributed by atoms with E-state index in [0.29, 0.717) is 0 Å². The van der Waals surface area contributed by atoms with Crippen LogP contribution in [-0.2, 0) is 23.7 Å². The summed E-state index contributed by atoms with van der Waals surface area (Å²) in [6.45, 7) is 3.31. The van der Waals surface area contributed by atoms with Crippen LogP contribution in [0.1, 0.15) is 13.3 Å². The monoisotopic (exact) mass is 306 g/mol. The fourth-order valence-corrected chi connectivity index (χ4v) is 1.22. The number of nitrogens with zero attached hydrogens (tertiary/aromatic N) is 2. The van der Waals surface area contributed by atoms with Gasteiger partial charge in [-0.05, 0) is 6.42 Å². The summed E-state index contributed by atoms with van der Waals surface area (Å²) in [4.78, 5) is 0. The van der Waals surface area contributed by atoms with Crippen molar-refractivity contribution in [2.75, 3.05) is 0 Å². The van der Waals surface area contributed by atoms with Crippen LogP contribution in [0.5, 0.6) is 0 Å². The van der Waals surface area contributed by atoms with E-state index in [1.54, 1.807) is 0 Å². The zero-order valence-corrected chi connectivity index (χ0v) is 11.1. The summed E-state index contributed by atoms with van der Waals surface area (Å²) >= 11 is 0. The maximum Gasteiger partial charge on any atom is 0.393 e. The molecule has 0 amide bonds. The summed E-state index contributed by atoms with van der Waals surface area (Å²) in [5.41, 5.74) is 0. The third-order valence-electron chi connectivity index (χ3n) is 1.89. The highest BCUT2D eigenvalue weighted by molar-refractivity contribution is 7.86. The van der Waals surface area contributed by atoms with E-state index < -0.39 is 21.8 Å². The van der Waals surface area contributed by atoms with Crippen LogP contribution in [0.25, 0.3) is 0 Å². The number of aryl methyl sites for hydroxylation is 2. The molecular formula is C9H14F4N2O3S. The Labute approximate surface area is 108 Å². The Morgan fingerprint density at radius 2 is 1.95 bits per heavy atom. The number of alkyl halides is 4. The molecule has 0 saturated heterocycles. The molecule has 0 aliphatic heterocycles. The number of rotatable bonds is 4. The van der Waals surface area contributed by atoms with Crippen molar-refractivity contribution in [1.29, 1.82) is 0 Å². The molecule has 0 spiro atoms. The Balaban J connectivity index is 0.000000342. The first-order valence-electron chi connectivity index (χ1n) is 5.14. The molecule has 0 radical (unpaired) electrons. The molecule has 0 bridgehead atoms. The Morgan fingerprint density at radius 1 is 1.42 bits per heavy atom. The summed E-state index contributed by atoms with van der Waals surface area (Å²) in [5, 5.41) is -5.48. The van der Waals surface area contributed by atoms with Crippen LogP contribution in [0.2, 0.25) is 0 Å². The highest BCUT2D eigenvalue weighted by Crippen LogP contribution is 2.27. The summed E-state index contributed by atoms with van der Waals surface area (Å²) in [5.74, 6) is 0. The number of hydrogen-bond acceptors (Lipinski definition) is 3. The van der Waals surface area contributed by atoms with Crippen LogP contribution in [-0.4, -0.2) is 29.2 Å². The third-order valence-corrected chi connectivity index (χ3v) is 2.74. The van der Waals surface area contributed by atoms with E-state index >= 15 is 0 Å². The van der Waals surface area contributed by atoms with Gasteiger partial charge < -0.3 is 4.55 Å². The number of hydrogen-bond donors (Lipinski definition) is 0. The maximum atomic E-state index is 11.4. The van der Waals surface area contributed by atoms with Gasteiger partial charge in [-0.2, -0.15) is 8.78 Å². The minimum atomic E-state index is -6.23. The van der Waals surface area contributed by atoms with Crippen molar-refractivity contribution in [1.82, 2.24) is 4.57 Å². The predicted octanol–water partition coefficient (Wildman–Crippen LogP) is 1.11. The van der Waals surface area contributed by atoms with E-state index in [9.17, 15) is 30.5 Å². The molecule has 1 aromatic heterocycles.